The Bertz CT molecular complexity index is 689. The quantitative estimate of drug-likeness (QED) is 0.912. The molecule has 4 nitrogen and oxygen atoms in total. The largest absolute Gasteiger partial charge is 0.359 e. The van der Waals surface area contributed by atoms with E-state index < -0.39 is 0 Å². The zero-order valence-corrected chi connectivity index (χ0v) is 13.7. The number of aryl methyl sites for hydroxylation is 2. The SMILES string of the molecule is CNC(=O)C[C@H]1CCN(Cc2[nH]c3ccc(C)cc3c2C)C1. The van der Waals surface area contributed by atoms with E-state index in [1.165, 1.54) is 27.7 Å². The van der Waals surface area contributed by atoms with E-state index in [0.717, 1.165) is 26.1 Å². The summed E-state index contributed by atoms with van der Waals surface area (Å²) < 4.78 is 0. The third kappa shape index (κ3) is 3.02. The van der Waals surface area contributed by atoms with E-state index in [-0.39, 0.29) is 5.91 Å². The summed E-state index contributed by atoms with van der Waals surface area (Å²) in [5, 5.41) is 4.05. The van der Waals surface area contributed by atoms with E-state index in [0.29, 0.717) is 12.3 Å². The van der Waals surface area contributed by atoms with Crippen molar-refractivity contribution in [2.45, 2.75) is 33.2 Å². The number of benzene rings is 1. The summed E-state index contributed by atoms with van der Waals surface area (Å²) in [7, 11) is 1.71. The molecule has 0 aliphatic carbocycles. The van der Waals surface area contributed by atoms with Gasteiger partial charge in [-0.05, 0) is 50.4 Å². The molecule has 0 saturated carbocycles. The number of carbonyl (C=O) groups is 1. The summed E-state index contributed by atoms with van der Waals surface area (Å²) in [6, 6.07) is 6.57. The lowest BCUT2D eigenvalue weighted by Crippen LogP contribution is -2.24. The highest BCUT2D eigenvalue weighted by molar-refractivity contribution is 5.85. The Morgan fingerprint density at radius 1 is 1.41 bits per heavy atom. The van der Waals surface area contributed by atoms with Crippen molar-refractivity contribution >= 4 is 16.8 Å². The second-order valence-electron chi connectivity index (χ2n) is 6.54. The van der Waals surface area contributed by atoms with Gasteiger partial charge in [-0.25, -0.2) is 0 Å². The topological polar surface area (TPSA) is 48.1 Å². The molecule has 1 amide bonds. The lowest BCUT2D eigenvalue weighted by Gasteiger charge is -2.15. The molecule has 1 aliphatic rings. The van der Waals surface area contributed by atoms with Crippen LogP contribution in [0.5, 0.6) is 0 Å². The number of aromatic nitrogens is 1. The van der Waals surface area contributed by atoms with Gasteiger partial charge in [0.2, 0.25) is 5.91 Å². The minimum absolute atomic E-state index is 0.157. The first-order chi connectivity index (χ1) is 10.6. The van der Waals surface area contributed by atoms with Gasteiger partial charge in [0.05, 0.1) is 0 Å². The molecule has 4 heteroatoms. The predicted octanol–water partition coefficient (Wildman–Crippen LogP) is 2.74. The summed E-state index contributed by atoms with van der Waals surface area (Å²) in [5.74, 6) is 0.649. The van der Waals surface area contributed by atoms with Gasteiger partial charge in [0.15, 0.2) is 0 Å². The zero-order chi connectivity index (χ0) is 15.7. The van der Waals surface area contributed by atoms with Gasteiger partial charge in [0.25, 0.3) is 0 Å². The van der Waals surface area contributed by atoms with E-state index in [1.807, 2.05) is 0 Å². The molecular weight excluding hydrogens is 274 g/mol. The molecule has 2 N–H and O–H groups in total. The van der Waals surface area contributed by atoms with Crippen molar-refractivity contribution in [3.63, 3.8) is 0 Å². The van der Waals surface area contributed by atoms with E-state index in [9.17, 15) is 4.79 Å². The first kappa shape index (κ1) is 15.1. The average Bonchev–Trinajstić information content (AvgIpc) is 3.05. The first-order valence-electron chi connectivity index (χ1n) is 8.07. The third-order valence-corrected chi connectivity index (χ3v) is 4.82. The second kappa shape index (κ2) is 6.13. The molecule has 3 rings (SSSR count). The Labute approximate surface area is 131 Å². The molecule has 118 valence electrons. The summed E-state index contributed by atoms with van der Waals surface area (Å²) in [6.45, 7) is 7.38. The van der Waals surface area contributed by atoms with Gasteiger partial charge in [-0.3, -0.25) is 9.69 Å². The molecule has 2 aromatic rings. The number of H-pyrrole nitrogens is 1. The number of fused-ring (bicyclic) bond motifs is 1. The van der Waals surface area contributed by atoms with Crippen LogP contribution in [0.3, 0.4) is 0 Å². The van der Waals surface area contributed by atoms with Crippen LogP contribution in [0.1, 0.15) is 29.7 Å². The Kier molecular flexibility index (Phi) is 4.21. The van der Waals surface area contributed by atoms with E-state index in [4.69, 9.17) is 0 Å². The van der Waals surface area contributed by atoms with Crippen LogP contribution in [0.15, 0.2) is 18.2 Å². The smallest absolute Gasteiger partial charge is 0.220 e. The molecular formula is C18H25N3O. The van der Waals surface area contributed by atoms with Crippen molar-refractivity contribution in [2.24, 2.45) is 5.92 Å². The van der Waals surface area contributed by atoms with Crippen molar-refractivity contribution in [1.29, 1.82) is 0 Å². The van der Waals surface area contributed by atoms with E-state index >= 15 is 0 Å². The van der Waals surface area contributed by atoms with Crippen molar-refractivity contribution in [3.05, 3.63) is 35.0 Å². The van der Waals surface area contributed by atoms with Gasteiger partial charge >= 0.3 is 0 Å². The molecule has 1 saturated heterocycles. The lowest BCUT2D eigenvalue weighted by molar-refractivity contribution is -0.121. The minimum Gasteiger partial charge on any atom is -0.359 e. The Morgan fingerprint density at radius 2 is 2.23 bits per heavy atom. The second-order valence-corrected chi connectivity index (χ2v) is 6.54. The number of nitrogens with zero attached hydrogens (tertiary/aromatic N) is 1. The lowest BCUT2D eigenvalue weighted by atomic mass is 10.0. The van der Waals surface area contributed by atoms with Crippen LogP contribution >= 0.6 is 0 Å². The maximum absolute atomic E-state index is 11.5. The van der Waals surface area contributed by atoms with Crippen LogP contribution in [0.4, 0.5) is 0 Å². The molecule has 1 atom stereocenters. The first-order valence-corrected chi connectivity index (χ1v) is 8.07. The fourth-order valence-corrected chi connectivity index (χ4v) is 3.47. The number of carbonyl (C=O) groups excluding carboxylic acids is 1. The summed E-state index contributed by atoms with van der Waals surface area (Å²) in [4.78, 5) is 17.5. The van der Waals surface area contributed by atoms with Gasteiger partial charge in [-0.2, -0.15) is 0 Å². The minimum atomic E-state index is 0.157. The highest BCUT2D eigenvalue weighted by Crippen LogP contribution is 2.26. The molecule has 1 aromatic carbocycles. The van der Waals surface area contributed by atoms with Crippen molar-refractivity contribution in [2.75, 3.05) is 20.1 Å². The van der Waals surface area contributed by atoms with Crippen LogP contribution in [-0.4, -0.2) is 35.9 Å². The standard InChI is InChI=1S/C18H25N3O/c1-12-4-5-16-15(8-12)13(2)17(20-16)11-21-7-6-14(10-21)9-18(22)19-3/h4-5,8,14,20H,6-7,9-11H2,1-3H3,(H,19,22)/t14-/m1/s1. The number of hydrogen-bond acceptors (Lipinski definition) is 2. The maximum atomic E-state index is 11.5. The Balaban J connectivity index is 1.69. The zero-order valence-electron chi connectivity index (χ0n) is 13.7. The van der Waals surface area contributed by atoms with Gasteiger partial charge < -0.3 is 10.3 Å². The normalized spacial score (nSPS) is 19.0. The molecule has 1 aliphatic heterocycles. The summed E-state index contributed by atoms with van der Waals surface area (Å²) in [6.07, 6.45) is 1.77. The maximum Gasteiger partial charge on any atom is 0.220 e. The fourth-order valence-electron chi connectivity index (χ4n) is 3.47. The predicted molar refractivity (Wildman–Crippen MR) is 89.8 cm³/mol. The molecule has 2 heterocycles. The van der Waals surface area contributed by atoms with Crippen molar-refractivity contribution < 1.29 is 4.79 Å². The van der Waals surface area contributed by atoms with Gasteiger partial charge in [0, 0.05) is 43.2 Å². The van der Waals surface area contributed by atoms with Crippen LogP contribution in [-0.2, 0) is 11.3 Å². The van der Waals surface area contributed by atoms with Gasteiger partial charge in [-0.15, -0.1) is 0 Å². The molecule has 0 spiro atoms. The number of hydrogen-bond donors (Lipinski definition) is 2. The number of amides is 1. The molecule has 22 heavy (non-hydrogen) atoms. The average molecular weight is 299 g/mol. The number of rotatable bonds is 4. The molecule has 0 bridgehead atoms. The molecule has 0 unspecified atom stereocenters. The summed E-state index contributed by atoms with van der Waals surface area (Å²) >= 11 is 0. The fraction of sp³-hybridized carbons (Fsp3) is 0.500. The molecule has 1 fully saturated rings. The highest BCUT2D eigenvalue weighted by Gasteiger charge is 2.25. The number of nitrogens with one attached hydrogen (secondary N) is 2. The van der Waals surface area contributed by atoms with Crippen molar-refractivity contribution in [3.8, 4) is 0 Å². The molecule has 0 radical (unpaired) electrons. The van der Waals surface area contributed by atoms with Crippen LogP contribution in [0, 0.1) is 19.8 Å². The van der Waals surface area contributed by atoms with E-state index in [1.54, 1.807) is 7.05 Å². The summed E-state index contributed by atoms with van der Waals surface area (Å²) in [5.41, 5.74) is 5.18. The third-order valence-electron chi connectivity index (χ3n) is 4.82. The Hall–Kier alpha value is -1.81. The van der Waals surface area contributed by atoms with E-state index in [2.05, 4.69) is 47.2 Å². The van der Waals surface area contributed by atoms with Gasteiger partial charge in [0.1, 0.15) is 0 Å². The van der Waals surface area contributed by atoms with Crippen molar-refractivity contribution in [1.82, 2.24) is 15.2 Å². The Morgan fingerprint density at radius 3 is 3.00 bits per heavy atom. The number of likely N-dealkylation sites (tertiary alicyclic amines) is 1. The van der Waals surface area contributed by atoms with Gasteiger partial charge in [-0.1, -0.05) is 11.6 Å². The van der Waals surface area contributed by atoms with Crippen LogP contribution in [0.2, 0.25) is 0 Å². The number of aromatic amines is 1. The highest BCUT2D eigenvalue weighted by atomic mass is 16.1. The monoisotopic (exact) mass is 299 g/mol. The molecule has 1 aromatic heterocycles. The van der Waals surface area contributed by atoms with Crippen LogP contribution < -0.4 is 5.32 Å². The van der Waals surface area contributed by atoms with Crippen LogP contribution in [0.25, 0.3) is 10.9 Å².